The Labute approximate surface area is 170 Å². The van der Waals surface area contributed by atoms with Gasteiger partial charge < -0.3 is 9.88 Å². The van der Waals surface area contributed by atoms with E-state index in [1.807, 2.05) is 60.1 Å². The maximum atomic E-state index is 13.0. The Hall–Kier alpha value is -2.12. The molecule has 0 bridgehead atoms. The van der Waals surface area contributed by atoms with E-state index in [1.165, 1.54) is 0 Å². The second-order valence-corrected chi connectivity index (χ2v) is 8.70. The first-order chi connectivity index (χ1) is 13.1. The van der Waals surface area contributed by atoms with E-state index in [0.717, 1.165) is 45.0 Å². The van der Waals surface area contributed by atoms with Gasteiger partial charge in [0.25, 0.3) is 0 Å². The Balaban J connectivity index is 1.47. The van der Waals surface area contributed by atoms with Gasteiger partial charge in [-0.15, -0.1) is 10.2 Å². The first kappa shape index (κ1) is 18.3. The summed E-state index contributed by atoms with van der Waals surface area (Å²) in [7, 11) is 1.91. The van der Waals surface area contributed by atoms with Crippen LogP contribution in [0, 0.1) is 0 Å². The lowest BCUT2D eigenvalue weighted by Crippen LogP contribution is -2.45. The fourth-order valence-corrected chi connectivity index (χ4v) is 4.30. The lowest BCUT2D eigenvalue weighted by atomic mass is 9.64. The van der Waals surface area contributed by atoms with Gasteiger partial charge in [-0.1, -0.05) is 34.5 Å². The highest BCUT2D eigenvalue weighted by Gasteiger charge is 2.45. The van der Waals surface area contributed by atoms with E-state index >= 15 is 0 Å². The summed E-state index contributed by atoms with van der Waals surface area (Å²) in [5.74, 6) is 0.0739. The van der Waals surface area contributed by atoms with E-state index in [2.05, 4.69) is 31.4 Å². The Morgan fingerprint density at radius 3 is 2.41 bits per heavy atom. The topological polar surface area (TPSA) is 59.8 Å². The van der Waals surface area contributed by atoms with Gasteiger partial charge in [0.05, 0.1) is 5.41 Å². The monoisotopic (exact) mass is 442 g/mol. The number of rotatable bonds is 5. The van der Waals surface area contributed by atoms with E-state index < -0.39 is 5.41 Å². The van der Waals surface area contributed by atoms with Crippen molar-refractivity contribution < 1.29 is 4.79 Å². The molecule has 27 heavy (non-hydrogen) atoms. The molecule has 0 spiro atoms. The summed E-state index contributed by atoms with van der Waals surface area (Å²) in [4.78, 5) is 14.1. The van der Waals surface area contributed by atoms with Gasteiger partial charge in [0.2, 0.25) is 5.91 Å². The summed E-state index contributed by atoms with van der Waals surface area (Å²) in [6.07, 6.45) is 4.54. The van der Waals surface area contributed by atoms with Gasteiger partial charge in [-0.05, 0) is 66.6 Å². The summed E-state index contributed by atoms with van der Waals surface area (Å²) in [5.41, 5.74) is 1.49. The molecule has 1 aliphatic carbocycles. The molecular weight excluding hydrogens is 424 g/mol. The number of benzene rings is 2. The molecule has 1 saturated carbocycles. The molecule has 0 unspecified atom stereocenters. The van der Waals surface area contributed by atoms with Gasteiger partial charge in [0.1, 0.15) is 6.33 Å². The predicted molar refractivity (Wildman–Crippen MR) is 110 cm³/mol. The second-order valence-electron chi connectivity index (χ2n) is 6.75. The number of aryl methyl sites for hydroxylation is 1. The third kappa shape index (κ3) is 3.66. The van der Waals surface area contributed by atoms with Gasteiger partial charge in [0.15, 0.2) is 5.16 Å². The number of carbonyl (C=O) groups is 1. The number of anilines is 1. The molecule has 1 aromatic heterocycles. The van der Waals surface area contributed by atoms with Gasteiger partial charge >= 0.3 is 0 Å². The third-order valence-corrected chi connectivity index (χ3v) is 6.62. The quantitative estimate of drug-likeness (QED) is 0.616. The maximum absolute atomic E-state index is 13.0. The number of nitrogens with zero attached hydrogens (tertiary/aromatic N) is 3. The van der Waals surface area contributed by atoms with Crippen LogP contribution in [-0.4, -0.2) is 20.7 Å². The first-order valence-corrected chi connectivity index (χ1v) is 10.4. The minimum atomic E-state index is -0.410. The maximum Gasteiger partial charge on any atom is 0.235 e. The van der Waals surface area contributed by atoms with E-state index in [0.29, 0.717) is 0 Å². The van der Waals surface area contributed by atoms with E-state index in [-0.39, 0.29) is 5.91 Å². The Morgan fingerprint density at radius 1 is 1.15 bits per heavy atom. The van der Waals surface area contributed by atoms with Crippen LogP contribution in [0.2, 0.25) is 0 Å². The molecule has 0 radical (unpaired) electrons. The summed E-state index contributed by atoms with van der Waals surface area (Å²) < 4.78 is 2.90. The van der Waals surface area contributed by atoms with Crippen LogP contribution < -0.4 is 5.32 Å². The van der Waals surface area contributed by atoms with Crippen LogP contribution in [0.4, 0.5) is 5.69 Å². The molecule has 1 heterocycles. The molecule has 7 heteroatoms. The van der Waals surface area contributed by atoms with Crippen LogP contribution in [0.3, 0.4) is 0 Å². The SMILES string of the molecule is Cn1cnnc1Sc1ccc(NC(=O)C2(c3ccc(Br)cc3)CCC2)cc1. The van der Waals surface area contributed by atoms with Crippen molar-refractivity contribution in [2.45, 2.75) is 34.7 Å². The van der Waals surface area contributed by atoms with Gasteiger partial charge in [-0.25, -0.2) is 0 Å². The van der Waals surface area contributed by atoms with Crippen molar-refractivity contribution in [2.75, 3.05) is 5.32 Å². The summed E-state index contributed by atoms with van der Waals surface area (Å²) >= 11 is 5.00. The number of aromatic nitrogens is 3. The van der Waals surface area contributed by atoms with Crippen LogP contribution >= 0.6 is 27.7 Å². The number of halogens is 1. The van der Waals surface area contributed by atoms with Crippen LogP contribution in [0.5, 0.6) is 0 Å². The number of amides is 1. The fraction of sp³-hybridized carbons (Fsp3) is 0.250. The van der Waals surface area contributed by atoms with Crippen LogP contribution in [0.1, 0.15) is 24.8 Å². The Kier molecular flexibility index (Phi) is 5.06. The highest BCUT2D eigenvalue weighted by Crippen LogP contribution is 2.45. The number of nitrogens with one attached hydrogen (secondary N) is 1. The van der Waals surface area contributed by atoms with Crippen molar-refractivity contribution in [1.82, 2.24) is 14.8 Å². The van der Waals surface area contributed by atoms with Crippen molar-refractivity contribution in [3.05, 3.63) is 64.9 Å². The van der Waals surface area contributed by atoms with Gasteiger partial charge in [-0.2, -0.15) is 0 Å². The number of hydrogen-bond acceptors (Lipinski definition) is 4. The fourth-order valence-electron chi connectivity index (χ4n) is 3.27. The Bertz CT molecular complexity index is 949. The van der Waals surface area contributed by atoms with Gasteiger partial charge in [-0.3, -0.25) is 4.79 Å². The predicted octanol–water partition coefficient (Wildman–Crippen LogP) is 4.79. The molecule has 2 aromatic carbocycles. The highest BCUT2D eigenvalue weighted by atomic mass is 79.9. The summed E-state index contributed by atoms with van der Waals surface area (Å²) in [5, 5.41) is 11.9. The average Bonchev–Trinajstić information content (AvgIpc) is 3.02. The van der Waals surface area contributed by atoms with Crippen molar-refractivity contribution >= 4 is 39.3 Å². The molecule has 1 fully saturated rings. The molecule has 1 N–H and O–H groups in total. The Morgan fingerprint density at radius 2 is 1.85 bits per heavy atom. The largest absolute Gasteiger partial charge is 0.325 e. The minimum absolute atomic E-state index is 0.0739. The smallest absolute Gasteiger partial charge is 0.235 e. The molecule has 0 saturated heterocycles. The molecule has 1 aliphatic rings. The highest BCUT2D eigenvalue weighted by molar-refractivity contribution is 9.10. The molecular formula is C20H19BrN4OS. The standard InChI is InChI=1S/C20H19BrN4OS/c1-25-13-22-24-19(25)27-17-9-7-16(8-10-17)23-18(26)20(11-2-12-20)14-3-5-15(21)6-4-14/h3-10,13H,2,11-12H2,1H3,(H,23,26). The molecule has 1 amide bonds. The van der Waals surface area contributed by atoms with Crippen molar-refractivity contribution in [3.8, 4) is 0 Å². The zero-order valence-corrected chi connectivity index (χ0v) is 17.3. The normalized spacial score (nSPS) is 15.2. The number of hydrogen-bond donors (Lipinski definition) is 1. The van der Waals surface area contributed by atoms with E-state index in [9.17, 15) is 4.79 Å². The summed E-state index contributed by atoms with van der Waals surface area (Å²) in [6.45, 7) is 0. The van der Waals surface area contributed by atoms with Crippen molar-refractivity contribution in [1.29, 1.82) is 0 Å². The molecule has 138 valence electrons. The molecule has 3 aromatic rings. The van der Waals surface area contributed by atoms with Gasteiger partial charge in [0, 0.05) is 22.1 Å². The minimum Gasteiger partial charge on any atom is -0.325 e. The van der Waals surface area contributed by atoms with Crippen LogP contribution in [-0.2, 0) is 17.3 Å². The summed E-state index contributed by atoms with van der Waals surface area (Å²) in [6, 6.07) is 15.9. The van der Waals surface area contributed by atoms with Crippen molar-refractivity contribution in [2.24, 2.45) is 7.05 Å². The third-order valence-electron chi connectivity index (χ3n) is 5.03. The lowest BCUT2D eigenvalue weighted by molar-refractivity contribution is -0.124. The zero-order chi connectivity index (χ0) is 18.9. The molecule has 4 rings (SSSR count). The van der Waals surface area contributed by atoms with Crippen LogP contribution in [0.15, 0.2) is 69.4 Å². The molecule has 0 aliphatic heterocycles. The zero-order valence-electron chi connectivity index (χ0n) is 14.9. The number of carbonyl (C=O) groups excluding carboxylic acids is 1. The molecule has 0 atom stereocenters. The lowest BCUT2D eigenvalue weighted by Gasteiger charge is -2.40. The van der Waals surface area contributed by atoms with Crippen molar-refractivity contribution in [3.63, 3.8) is 0 Å². The van der Waals surface area contributed by atoms with Crippen LogP contribution in [0.25, 0.3) is 0 Å². The first-order valence-electron chi connectivity index (χ1n) is 8.76. The van der Waals surface area contributed by atoms with E-state index in [4.69, 9.17) is 0 Å². The molecule has 5 nitrogen and oxygen atoms in total. The second kappa shape index (κ2) is 7.48. The van der Waals surface area contributed by atoms with E-state index in [1.54, 1.807) is 18.1 Å². The average molecular weight is 443 g/mol.